The van der Waals surface area contributed by atoms with Gasteiger partial charge in [0.05, 0.1) is 5.75 Å². The Labute approximate surface area is 117 Å². The topological polar surface area (TPSA) is 83.5 Å². The molecule has 1 rings (SSSR count). The highest BCUT2D eigenvalue weighted by molar-refractivity contribution is 7.89. The van der Waals surface area contributed by atoms with Gasteiger partial charge in [-0.15, -0.1) is 0 Å². The molecule has 0 radical (unpaired) electrons. The maximum atomic E-state index is 12.7. The van der Waals surface area contributed by atoms with Gasteiger partial charge >= 0.3 is 5.97 Å². The largest absolute Gasteiger partial charge is 0.481 e. The number of carboxylic acids is 1. The molecule has 0 amide bonds. The highest BCUT2D eigenvalue weighted by Crippen LogP contribution is 2.07. The Morgan fingerprint density at radius 1 is 1.35 bits per heavy atom. The van der Waals surface area contributed by atoms with Gasteiger partial charge in [-0.2, -0.15) is 0 Å². The molecule has 1 aromatic rings. The van der Waals surface area contributed by atoms with Crippen LogP contribution in [-0.4, -0.2) is 31.3 Å². The second kappa shape index (κ2) is 7.35. The van der Waals surface area contributed by atoms with Gasteiger partial charge in [-0.1, -0.05) is 12.1 Å². The Hall–Kier alpha value is -1.47. The monoisotopic (exact) mass is 303 g/mol. The number of benzene rings is 1. The zero-order valence-electron chi connectivity index (χ0n) is 11.2. The third-order valence-corrected chi connectivity index (χ3v) is 4.23. The number of carboxylic acid groups (broad SMARTS) is 1. The molecule has 0 aliphatic carbocycles. The Kier molecular flexibility index (Phi) is 6.09. The summed E-state index contributed by atoms with van der Waals surface area (Å²) in [6.45, 7) is 1.71. The van der Waals surface area contributed by atoms with Crippen molar-refractivity contribution >= 4 is 16.0 Å². The number of nitrogens with one attached hydrogen (secondary N) is 1. The van der Waals surface area contributed by atoms with Gasteiger partial charge in [0, 0.05) is 12.5 Å². The van der Waals surface area contributed by atoms with Crippen molar-refractivity contribution in [2.24, 2.45) is 0 Å². The van der Waals surface area contributed by atoms with E-state index in [1.807, 2.05) is 0 Å². The molecule has 1 atom stereocenters. The van der Waals surface area contributed by atoms with Crippen molar-refractivity contribution in [2.75, 3.05) is 5.75 Å². The summed E-state index contributed by atoms with van der Waals surface area (Å²) in [6, 6.07) is 5.51. The standard InChI is InChI=1S/C13H18FNO4S/c1-10(9-11-4-6-12(14)7-5-11)15-20(18,19)8-2-3-13(16)17/h4-7,10,15H,2-3,8-9H2,1H3,(H,16,17). The van der Waals surface area contributed by atoms with Gasteiger partial charge in [0.25, 0.3) is 0 Å². The predicted molar refractivity (Wildman–Crippen MR) is 73.4 cm³/mol. The number of aliphatic carboxylic acids is 1. The number of halogens is 1. The summed E-state index contributed by atoms with van der Waals surface area (Å²) in [6.07, 6.45) is 0.347. The van der Waals surface area contributed by atoms with Crippen LogP contribution >= 0.6 is 0 Å². The summed E-state index contributed by atoms with van der Waals surface area (Å²) in [5.41, 5.74) is 0.826. The highest BCUT2D eigenvalue weighted by Gasteiger charge is 2.15. The summed E-state index contributed by atoms with van der Waals surface area (Å²) < 4.78 is 38.6. The van der Waals surface area contributed by atoms with Crippen molar-refractivity contribution in [3.8, 4) is 0 Å². The molecule has 0 spiro atoms. The molecular formula is C13H18FNO4S. The molecule has 0 aromatic heterocycles. The van der Waals surface area contributed by atoms with Crippen molar-refractivity contribution in [1.82, 2.24) is 4.72 Å². The lowest BCUT2D eigenvalue weighted by Gasteiger charge is -2.14. The molecule has 0 saturated heterocycles. The van der Waals surface area contributed by atoms with Crippen LogP contribution in [0.25, 0.3) is 0 Å². The van der Waals surface area contributed by atoms with E-state index in [2.05, 4.69) is 4.72 Å². The van der Waals surface area contributed by atoms with Crippen molar-refractivity contribution in [3.05, 3.63) is 35.6 Å². The van der Waals surface area contributed by atoms with Crippen LogP contribution in [0.5, 0.6) is 0 Å². The van der Waals surface area contributed by atoms with Crippen LogP contribution in [0.1, 0.15) is 25.3 Å². The minimum atomic E-state index is -3.49. The SMILES string of the molecule is CC(Cc1ccc(F)cc1)NS(=O)(=O)CCCC(=O)O. The maximum absolute atomic E-state index is 12.7. The molecule has 5 nitrogen and oxygen atoms in total. The molecule has 1 aromatic carbocycles. The first-order valence-electron chi connectivity index (χ1n) is 6.25. The molecule has 2 N–H and O–H groups in total. The van der Waals surface area contributed by atoms with Crippen LogP contribution in [0.3, 0.4) is 0 Å². The lowest BCUT2D eigenvalue weighted by atomic mass is 10.1. The van der Waals surface area contributed by atoms with Crippen LogP contribution < -0.4 is 4.72 Å². The average Bonchev–Trinajstić information content (AvgIpc) is 2.30. The quantitative estimate of drug-likeness (QED) is 0.763. The van der Waals surface area contributed by atoms with Gasteiger partial charge in [-0.3, -0.25) is 4.79 Å². The van der Waals surface area contributed by atoms with E-state index in [0.29, 0.717) is 6.42 Å². The first-order chi connectivity index (χ1) is 9.28. The number of hydrogen-bond donors (Lipinski definition) is 2. The lowest BCUT2D eigenvalue weighted by molar-refractivity contribution is -0.137. The average molecular weight is 303 g/mol. The van der Waals surface area contributed by atoms with Crippen LogP contribution in [0.15, 0.2) is 24.3 Å². The minimum Gasteiger partial charge on any atom is -0.481 e. The van der Waals surface area contributed by atoms with E-state index in [1.165, 1.54) is 12.1 Å². The van der Waals surface area contributed by atoms with E-state index in [-0.39, 0.29) is 30.5 Å². The Bertz CT molecular complexity index is 542. The number of sulfonamides is 1. The minimum absolute atomic E-state index is 0.0773. The highest BCUT2D eigenvalue weighted by atomic mass is 32.2. The smallest absolute Gasteiger partial charge is 0.303 e. The third-order valence-electron chi connectivity index (χ3n) is 2.64. The fourth-order valence-electron chi connectivity index (χ4n) is 1.79. The van der Waals surface area contributed by atoms with Gasteiger partial charge in [0.2, 0.25) is 10.0 Å². The van der Waals surface area contributed by atoms with Gasteiger partial charge in [-0.05, 0) is 37.5 Å². The van der Waals surface area contributed by atoms with E-state index in [1.54, 1.807) is 19.1 Å². The fraction of sp³-hybridized carbons (Fsp3) is 0.462. The van der Waals surface area contributed by atoms with E-state index in [0.717, 1.165) is 5.56 Å². The van der Waals surface area contributed by atoms with Gasteiger partial charge in [0.1, 0.15) is 5.82 Å². The molecule has 7 heteroatoms. The summed E-state index contributed by atoms with van der Waals surface area (Å²) >= 11 is 0. The van der Waals surface area contributed by atoms with E-state index >= 15 is 0 Å². The van der Waals surface area contributed by atoms with Crippen LogP contribution in [0, 0.1) is 5.82 Å². The number of rotatable bonds is 8. The van der Waals surface area contributed by atoms with Crippen molar-refractivity contribution < 1.29 is 22.7 Å². The number of hydrogen-bond acceptors (Lipinski definition) is 3. The predicted octanol–water partition coefficient (Wildman–Crippen LogP) is 1.54. The molecular weight excluding hydrogens is 285 g/mol. The normalized spacial score (nSPS) is 13.1. The molecule has 0 aliphatic rings. The summed E-state index contributed by atoms with van der Waals surface area (Å²) in [5.74, 6) is -1.57. The van der Waals surface area contributed by atoms with Crippen molar-refractivity contribution in [3.63, 3.8) is 0 Å². The van der Waals surface area contributed by atoms with E-state index < -0.39 is 16.0 Å². The van der Waals surface area contributed by atoms with Gasteiger partial charge in [-0.25, -0.2) is 17.5 Å². The third kappa shape index (κ3) is 6.63. The zero-order valence-corrected chi connectivity index (χ0v) is 12.0. The second-order valence-corrected chi connectivity index (χ2v) is 6.54. The van der Waals surface area contributed by atoms with Crippen molar-refractivity contribution in [2.45, 2.75) is 32.2 Å². The summed E-state index contributed by atoms with van der Waals surface area (Å²) in [5, 5.41) is 8.46. The first kappa shape index (κ1) is 16.6. The van der Waals surface area contributed by atoms with Gasteiger partial charge in [0.15, 0.2) is 0 Å². The molecule has 0 bridgehead atoms. The van der Waals surface area contributed by atoms with Crippen LogP contribution in [0.2, 0.25) is 0 Å². The lowest BCUT2D eigenvalue weighted by Crippen LogP contribution is -2.35. The van der Waals surface area contributed by atoms with E-state index in [9.17, 15) is 17.6 Å². The Morgan fingerprint density at radius 3 is 2.50 bits per heavy atom. The molecule has 0 heterocycles. The first-order valence-corrected chi connectivity index (χ1v) is 7.90. The Morgan fingerprint density at radius 2 is 1.95 bits per heavy atom. The molecule has 20 heavy (non-hydrogen) atoms. The van der Waals surface area contributed by atoms with Crippen LogP contribution in [0.4, 0.5) is 4.39 Å². The van der Waals surface area contributed by atoms with Crippen LogP contribution in [-0.2, 0) is 21.2 Å². The van der Waals surface area contributed by atoms with E-state index in [4.69, 9.17) is 5.11 Å². The fourth-order valence-corrected chi connectivity index (χ4v) is 3.13. The number of carbonyl (C=O) groups is 1. The van der Waals surface area contributed by atoms with Gasteiger partial charge < -0.3 is 5.11 Å². The second-order valence-electron chi connectivity index (χ2n) is 4.67. The molecule has 1 unspecified atom stereocenters. The molecule has 0 aliphatic heterocycles. The Balaban J connectivity index is 2.46. The summed E-state index contributed by atoms with van der Waals surface area (Å²) in [7, 11) is -3.49. The molecule has 0 fully saturated rings. The molecule has 0 saturated carbocycles. The van der Waals surface area contributed by atoms with Crippen molar-refractivity contribution in [1.29, 1.82) is 0 Å². The summed E-state index contributed by atoms with van der Waals surface area (Å²) in [4.78, 5) is 10.3. The molecule has 112 valence electrons. The maximum Gasteiger partial charge on any atom is 0.303 e. The zero-order chi connectivity index (χ0) is 15.2.